The first kappa shape index (κ1) is 15.1. The van der Waals surface area contributed by atoms with E-state index in [1.807, 2.05) is 6.07 Å². The molecule has 2 rings (SSSR count). The van der Waals surface area contributed by atoms with E-state index in [1.54, 1.807) is 17.9 Å². The van der Waals surface area contributed by atoms with Gasteiger partial charge in [0.05, 0.1) is 5.56 Å². The molecule has 0 fully saturated rings. The molecule has 2 aromatic rings. The Kier molecular flexibility index (Phi) is 4.32. The van der Waals surface area contributed by atoms with Crippen LogP contribution in [-0.2, 0) is 19.6 Å². The molecule has 0 aliphatic carbocycles. The molecular formula is C12H15F3N6. The summed E-state index contributed by atoms with van der Waals surface area (Å²) in [4.78, 5) is 3.94. The fraction of sp³-hybridized carbons (Fsp3) is 0.333. The summed E-state index contributed by atoms with van der Waals surface area (Å²) >= 11 is 0. The molecule has 0 radical (unpaired) electrons. The van der Waals surface area contributed by atoms with E-state index in [4.69, 9.17) is 5.84 Å². The van der Waals surface area contributed by atoms with Gasteiger partial charge in [0.25, 0.3) is 0 Å². The monoisotopic (exact) mass is 300 g/mol. The van der Waals surface area contributed by atoms with Gasteiger partial charge in [0, 0.05) is 31.9 Å². The molecule has 0 aromatic carbocycles. The number of pyridine rings is 1. The number of alkyl halides is 3. The summed E-state index contributed by atoms with van der Waals surface area (Å²) in [5.41, 5.74) is 2.28. The predicted molar refractivity (Wildman–Crippen MR) is 72.5 cm³/mol. The molecule has 6 nitrogen and oxygen atoms in total. The Morgan fingerprint density at radius 3 is 2.57 bits per heavy atom. The van der Waals surface area contributed by atoms with Crippen molar-refractivity contribution in [2.45, 2.75) is 12.6 Å². The van der Waals surface area contributed by atoms with Gasteiger partial charge in [0.2, 0.25) is 0 Å². The number of anilines is 2. The minimum atomic E-state index is -4.45. The summed E-state index contributed by atoms with van der Waals surface area (Å²) in [5, 5.41) is 6.86. The highest BCUT2D eigenvalue weighted by atomic mass is 19.4. The normalized spacial score (nSPS) is 11.5. The van der Waals surface area contributed by atoms with E-state index in [2.05, 4.69) is 20.8 Å². The molecule has 0 spiro atoms. The number of aryl methyl sites for hydroxylation is 1. The fourth-order valence-electron chi connectivity index (χ4n) is 1.82. The standard InChI is InChI=1S/C12H15F3N6/c1-21-9(3-5-18-21)2-4-17-10-6-8(12(13,14)15)7-11(19-10)20-16/h3,5-7H,2,4,16H2,1H3,(H2,17,19,20). The van der Waals surface area contributed by atoms with Gasteiger partial charge in [-0.3, -0.25) is 4.68 Å². The van der Waals surface area contributed by atoms with Gasteiger partial charge in [-0.15, -0.1) is 0 Å². The fourth-order valence-corrected chi connectivity index (χ4v) is 1.82. The quantitative estimate of drug-likeness (QED) is 0.579. The van der Waals surface area contributed by atoms with Gasteiger partial charge in [0.1, 0.15) is 11.6 Å². The van der Waals surface area contributed by atoms with E-state index in [0.29, 0.717) is 13.0 Å². The summed E-state index contributed by atoms with van der Waals surface area (Å²) in [7, 11) is 1.80. The second-order valence-corrected chi connectivity index (χ2v) is 4.39. The molecule has 0 saturated heterocycles. The molecule has 0 amide bonds. The molecular weight excluding hydrogens is 285 g/mol. The second-order valence-electron chi connectivity index (χ2n) is 4.39. The lowest BCUT2D eigenvalue weighted by atomic mass is 10.2. The van der Waals surface area contributed by atoms with Gasteiger partial charge < -0.3 is 10.7 Å². The van der Waals surface area contributed by atoms with Crippen molar-refractivity contribution < 1.29 is 13.2 Å². The van der Waals surface area contributed by atoms with Crippen LogP contribution in [0.4, 0.5) is 24.8 Å². The van der Waals surface area contributed by atoms with Crippen molar-refractivity contribution >= 4 is 11.6 Å². The second kappa shape index (κ2) is 6.00. The first-order valence-corrected chi connectivity index (χ1v) is 6.17. The number of nitrogens with two attached hydrogens (primary N) is 1. The van der Waals surface area contributed by atoms with Crippen molar-refractivity contribution in [3.63, 3.8) is 0 Å². The Hall–Kier alpha value is -2.29. The number of hydrogen-bond donors (Lipinski definition) is 3. The van der Waals surface area contributed by atoms with Gasteiger partial charge in [-0.25, -0.2) is 10.8 Å². The van der Waals surface area contributed by atoms with Crippen molar-refractivity contribution in [3.8, 4) is 0 Å². The van der Waals surface area contributed by atoms with Crippen molar-refractivity contribution in [3.05, 3.63) is 35.7 Å². The summed E-state index contributed by atoms with van der Waals surface area (Å²) in [5.74, 6) is 5.20. The number of hydrazine groups is 1. The van der Waals surface area contributed by atoms with E-state index in [-0.39, 0.29) is 11.6 Å². The summed E-state index contributed by atoms with van der Waals surface area (Å²) in [6, 6.07) is 3.64. The third-order valence-corrected chi connectivity index (χ3v) is 2.91. The largest absolute Gasteiger partial charge is 0.416 e. The van der Waals surface area contributed by atoms with Crippen molar-refractivity contribution in [1.82, 2.24) is 14.8 Å². The molecule has 21 heavy (non-hydrogen) atoms. The highest BCUT2D eigenvalue weighted by Crippen LogP contribution is 2.31. The molecule has 4 N–H and O–H groups in total. The third kappa shape index (κ3) is 3.85. The molecule has 0 atom stereocenters. The lowest BCUT2D eigenvalue weighted by molar-refractivity contribution is -0.137. The van der Waals surface area contributed by atoms with E-state index in [9.17, 15) is 13.2 Å². The molecule has 2 aromatic heterocycles. The number of rotatable bonds is 5. The average Bonchev–Trinajstić information content (AvgIpc) is 2.83. The summed E-state index contributed by atoms with van der Waals surface area (Å²) < 4.78 is 39.9. The molecule has 0 unspecified atom stereocenters. The van der Waals surface area contributed by atoms with Crippen LogP contribution in [0, 0.1) is 0 Å². The average molecular weight is 300 g/mol. The lowest BCUT2D eigenvalue weighted by Gasteiger charge is -2.12. The van der Waals surface area contributed by atoms with Crippen LogP contribution in [0.25, 0.3) is 0 Å². The molecule has 0 bridgehead atoms. The molecule has 0 saturated carbocycles. The van der Waals surface area contributed by atoms with Gasteiger partial charge in [0.15, 0.2) is 0 Å². The Morgan fingerprint density at radius 1 is 1.29 bits per heavy atom. The van der Waals surface area contributed by atoms with E-state index < -0.39 is 11.7 Å². The minimum Gasteiger partial charge on any atom is -0.370 e. The zero-order chi connectivity index (χ0) is 15.5. The first-order chi connectivity index (χ1) is 9.90. The number of halogens is 3. The van der Waals surface area contributed by atoms with Crippen LogP contribution in [0.2, 0.25) is 0 Å². The van der Waals surface area contributed by atoms with Crippen LogP contribution < -0.4 is 16.6 Å². The van der Waals surface area contributed by atoms with Crippen LogP contribution in [0.5, 0.6) is 0 Å². The maximum atomic E-state index is 12.7. The maximum Gasteiger partial charge on any atom is 0.416 e. The molecule has 2 heterocycles. The Morgan fingerprint density at radius 2 is 2.00 bits per heavy atom. The number of nitrogens with one attached hydrogen (secondary N) is 2. The van der Waals surface area contributed by atoms with Gasteiger partial charge in [-0.05, 0) is 18.2 Å². The first-order valence-electron chi connectivity index (χ1n) is 6.17. The Bertz CT molecular complexity index is 607. The van der Waals surface area contributed by atoms with E-state index in [1.165, 1.54) is 0 Å². The van der Waals surface area contributed by atoms with Crippen LogP contribution in [-0.4, -0.2) is 21.3 Å². The zero-order valence-electron chi connectivity index (χ0n) is 11.3. The number of aromatic nitrogens is 3. The van der Waals surface area contributed by atoms with Gasteiger partial charge in [-0.1, -0.05) is 0 Å². The number of nitrogen functional groups attached to an aromatic ring is 1. The van der Waals surface area contributed by atoms with Crippen LogP contribution in [0.3, 0.4) is 0 Å². The van der Waals surface area contributed by atoms with Crippen molar-refractivity contribution in [2.24, 2.45) is 12.9 Å². The van der Waals surface area contributed by atoms with Crippen molar-refractivity contribution in [2.75, 3.05) is 17.3 Å². The molecule has 9 heteroatoms. The number of hydrogen-bond acceptors (Lipinski definition) is 5. The predicted octanol–water partition coefficient (Wildman–Crippen LogP) is 1.77. The van der Waals surface area contributed by atoms with E-state index in [0.717, 1.165) is 17.8 Å². The Labute approximate surface area is 119 Å². The number of nitrogens with zero attached hydrogens (tertiary/aromatic N) is 3. The van der Waals surface area contributed by atoms with Crippen LogP contribution >= 0.6 is 0 Å². The molecule has 0 aliphatic rings. The van der Waals surface area contributed by atoms with Gasteiger partial charge >= 0.3 is 6.18 Å². The SMILES string of the molecule is Cn1nccc1CCNc1cc(C(F)(F)F)cc(NN)n1. The molecule has 0 aliphatic heterocycles. The minimum absolute atomic E-state index is 0.0483. The third-order valence-electron chi connectivity index (χ3n) is 2.91. The van der Waals surface area contributed by atoms with Crippen molar-refractivity contribution in [1.29, 1.82) is 0 Å². The van der Waals surface area contributed by atoms with Gasteiger partial charge in [-0.2, -0.15) is 18.3 Å². The molecule has 114 valence electrons. The Balaban J connectivity index is 2.07. The lowest BCUT2D eigenvalue weighted by Crippen LogP contribution is -2.15. The maximum absolute atomic E-state index is 12.7. The van der Waals surface area contributed by atoms with Crippen LogP contribution in [0.15, 0.2) is 24.4 Å². The van der Waals surface area contributed by atoms with E-state index >= 15 is 0 Å². The highest BCUT2D eigenvalue weighted by molar-refractivity contribution is 5.49. The summed E-state index contributed by atoms with van der Waals surface area (Å²) in [6.07, 6.45) is -2.18. The topological polar surface area (TPSA) is 80.8 Å². The van der Waals surface area contributed by atoms with Crippen LogP contribution in [0.1, 0.15) is 11.3 Å². The zero-order valence-corrected chi connectivity index (χ0v) is 11.3. The highest BCUT2D eigenvalue weighted by Gasteiger charge is 2.31. The smallest absolute Gasteiger partial charge is 0.370 e. The summed E-state index contributed by atoms with van der Waals surface area (Å²) in [6.45, 7) is 0.428.